The van der Waals surface area contributed by atoms with Crippen molar-refractivity contribution in [1.29, 1.82) is 0 Å². The molecule has 0 heterocycles. The van der Waals surface area contributed by atoms with Gasteiger partial charge < -0.3 is 14.0 Å². The number of phenols is 1. The molecule has 9 heteroatoms. The summed E-state index contributed by atoms with van der Waals surface area (Å²) in [7, 11) is -4.38. The average Bonchev–Trinajstić information content (AvgIpc) is 2.70. The molecule has 0 fully saturated rings. The van der Waals surface area contributed by atoms with Crippen molar-refractivity contribution >= 4 is 22.1 Å². The second-order valence-corrected chi connectivity index (χ2v) is 7.77. The van der Waals surface area contributed by atoms with Gasteiger partial charge in [-0.3, -0.25) is 0 Å². The third-order valence-electron chi connectivity index (χ3n) is 3.97. The van der Waals surface area contributed by atoms with E-state index in [1.165, 1.54) is 48.5 Å². The number of hydrogen-bond acceptors (Lipinski definition) is 7. The molecule has 30 heavy (non-hydrogen) atoms. The van der Waals surface area contributed by atoms with Gasteiger partial charge in [-0.05, 0) is 61.5 Å². The van der Waals surface area contributed by atoms with Gasteiger partial charge >= 0.3 is 22.1 Å². The first-order valence-corrected chi connectivity index (χ1v) is 9.93. The molecule has 3 aromatic rings. The minimum absolute atomic E-state index is 0.0545. The van der Waals surface area contributed by atoms with Gasteiger partial charge in [0, 0.05) is 0 Å². The van der Waals surface area contributed by atoms with Crippen LogP contribution in [0, 0.1) is 12.7 Å². The molecule has 1 N–H and O–H groups in total. The summed E-state index contributed by atoms with van der Waals surface area (Å²) >= 11 is 0. The Kier molecular flexibility index (Phi) is 5.84. The Hall–Kier alpha value is -3.72. The lowest BCUT2D eigenvalue weighted by atomic mass is 10.2. The molecule has 7 nitrogen and oxygen atoms in total. The van der Waals surface area contributed by atoms with E-state index in [0.29, 0.717) is 6.07 Å². The molecule has 0 unspecified atom stereocenters. The average molecular weight is 430 g/mol. The molecule has 3 aromatic carbocycles. The van der Waals surface area contributed by atoms with E-state index in [1.54, 1.807) is 6.92 Å². The monoisotopic (exact) mass is 430 g/mol. The summed E-state index contributed by atoms with van der Waals surface area (Å²) in [5, 5.41) is 9.22. The molecule has 0 radical (unpaired) electrons. The van der Waals surface area contributed by atoms with Gasteiger partial charge in [-0.25, -0.2) is 14.0 Å². The van der Waals surface area contributed by atoms with Crippen LogP contribution in [0.4, 0.5) is 4.39 Å². The van der Waals surface area contributed by atoms with Gasteiger partial charge in [0.1, 0.15) is 10.6 Å². The zero-order valence-electron chi connectivity index (χ0n) is 15.5. The summed E-state index contributed by atoms with van der Waals surface area (Å²) in [4.78, 5) is 23.9. The zero-order valence-corrected chi connectivity index (χ0v) is 16.4. The van der Waals surface area contributed by atoms with E-state index >= 15 is 0 Å². The number of carbonyl (C=O) groups excluding carboxylic acids is 2. The molecular formula is C21H15FO7S. The molecule has 0 spiro atoms. The maximum absolute atomic E-state index is 14.3. The number of halogens is 1. The number of rotatable bonds is 5. The van der Waals surface area contributed by atoms with Crippen LogP contribution < -0.4 is 4.74 Å². The second-order valence-electron chi connectivity index (χ2n) is 6.22. The number of aryl methyl sites for hydroxylation is 1. The van der Waals surface area contributed by atoms with Crippen LogP contribution in [-0.4, -0.2) is 25.5 Å². The maximum atomic E-state index is 14.3. The third-order valence-corrected chi connectivity index (χ3v) is 5.19. The van der Waals surface area contributed by atoms with Gasteiger partial charge in [0.15, 0.2) is 11.6 Å². The molecule has 0 saturated heterocycles. The predicted octanol–water partition coefficient (Wildman–Crippen LogP) is 3.60. The Labute approximate surface area is 171 Å². The number of esters is 1. The van der Waals surface area contributed by atoms with Gasteiger partial charge in [-0.2, -0.15) is 8.42 Å². The van der Waals surface area contributed by atoms with Crippen molar-refractivity contribution in [3.8, 4) is 11.5 Å². The fourth-order valence-corrected chi connectivity index (χ4v) is 3.23. The van der Waals surface area contributed by atoms with Crippen molar-refractivity contribution in [2.75, 3.05) is 0 Å². The predicted molar refractivity (Wildman–Crippen MR) is 103 cm³/mol. The van der Waals surface area contributed by atoms with Crippen LogP contribution in [0.15, 0.2) is 71.6 Å². The van der Waals surface area contributed by atoms with Crippen LogP contribution in [0.1, 0.15) is 26.3 Å². The van der Waals surface area contributed by atoms with Crippen molar-refractivity contribution in [2.45, 2.75) is 11.8 Å². The van der Waals surface area contributed by atoms with E-state index in [1.807, 2.05) is 0 Å². The summed E-state index contributed by atoms with van der Waals surface area (Å²) in [6.07, 6.45) is 0. The van der Waals surface area contributed by atoms with Gasteiger partial charge in [0.25, 0.3) is 0 Å². The molecule has 0 aliphatic heterocycles. The van der Waals surface area contributed by atoms with Crippen LogP contribution in [0.2, 0.25) is 0 Å². The normalized spacial score (nSPS) is 11.0. The number of aromatic hydroxyl groups is 1. The first-order valence-electron chi connectivity index (χ1n) is 8.52. The molecule has 0 bridgehead atoms. The molecule has 0 aliphatic rings. The van der Waals surface area contributed by atoms with Crippen LogP contribution >= 0.6 is 0 Å². The molecule has 0 aromatic heterocycles. The molecule has 0 amide bonds. The Morgan fingerprint density at radius 3 is 2.07 bits per heavy atom. The Balaban J connectivity index is 1.74. The Morgan fingerprint density at radius 2 is 1.47 bits per heavy atom. The Morgan fingerprint density at radius 1 is 0.867 bits per heavy atom. The summed E-state index contributed by atoms with van der Waals surface area (Å²) in [6, 6.07) is 13.5. The van der Waals surface area contributed by atoms with Crippen LogP contribution in [0.3, 0.4) is 0 Å². The fraction of sp³-hybridized carbons (Fsp3) is 0.0476. The van der Waals surface area contributed by atoms with E-state index < -0.39 is 33.6 Å². The van der Waals surface area contributed by atoms with Crippen LogP contribution in [-0.2, 0) is 14.3 Å². The first-order chi connectivity index (χ1) is 14.2. The lowest BCUT2D eigenvalue weighted by molar-refractivity contribution is 0.0727. The molecule has 0 aliphatic carbocycles. The topological polar surface area (TPSA) is 107 Å². The third kappa shape index (κ3) is 4.81. The van der Waals surface area contributed by atoms with Gasteiger partial charge in [-0.1, -0.05) is 17.7 Å². The van der Waals surface area contributed by atoms with Crippen molar-refractivity contribution in [1.82, 2.24) is 0 Å². The summed E-state index contributed by atoms with van der Waals surface area (Å²) in [5.41, 5.74) is 0.507. The number of ether oxygens (including phenoxy) is 1. The van der Waals surface area contributed by atoms with E-state index in [2.05, 4.69) is 4.18 Å². The highest BCUT2D eigenvalue weighted by Crippen LogP contribution is 2.22. The molecular weight excluding hydrogens is 415 g/mol. The largest absolute Gasteiger partial charge is 0.508 e. The minimum atomic E-state index is -4.38. The van der Waals surface area contributed by atoms with E-state index in [9.17, 15) is 27.5 Å². The zero-order chi connectivity index (χ0) is 21.9. The standard InChI is InChI=1S/C21H15FO7S/c1-13-2-9-17(10-3-13)30(26,27)29-21(25)15-6-11-19(18(22)12-15)28-20(24)14-4-7-16(23)8-5-14/h2-12,23H,1H3. The van der Waals surface area contributed by atoms with Gasteiger partial charge in [0.05, 0.1) is 11.1 Å². The minimum Gasteiger partial charge on any atom is -0.508 e. The molecule has 3 rings (SSSR count). The molecule has 0 saturated carbocycles. The Bertz CT molecular complexity index is 1200. The van der Waals surface area contributed by atoms with Crippen molar-refractivity contribution in [3.63, 3.8) is 0 Å². The van der Waals surface area contributed by atoms with Gasteiger partial charge in [-0.15, -0.1) is 0 Å². The van der Waals surface area contributed by atoms with Crippen molar-refractivity contribution < 1.29 is 36.4 Å². The first kappa shape index (κ1) is 21.0. The van der Waals surface area contributed by atoms with Crippen LogP contribution in [0.25, 0.3) is 0 Å². The smallest absolute Gasteiger partial charge is 0.354 e. The maximum Gasteiger partial charge on any atom is 0.354 e. The lowest BCUT2D eigenvalue weighted by Crippen LogP contribution is -2.14. The lowest BCUT2D eigenvalue weighted by Gasteiger charge is -2.08. The van der Waals surface area contributed by atoms with E-state index in [4.69, 9.17) is 4.74 Å². The quantitative estimate of drug-likeness (QED) is 0.374. The number of benzene rings is 3. The fourth-order valence-electron chi connectivity index (χ4n) is 2.37. The summed E-state index contributed by atoms with van der Waals surface area (Å²) in [6.45, 7) is 1.77. The van der Waals surface area contributed by atoms with Gasteiger partial charge in [0.2, 0.25) is 0 Å². The highest BCUT2D eigenvalue weighted by molar-refractivity contribution is 7.87. The molecule has 0 atom stereocenters. The summed E-state index contributed by atoms with van der Waals surface area (Å²) < 4.78 is 48.1. The second kappa shape index (κ2) is 8.34. The SMILES string of the molecule is Cc1ccc(S(=O)(=O)OC(=O)c2ccc(OC(=O)c3ccc(O)cc3)c(F)c2)cc1. The summed E-state index contributed by atoms with van der Waals surface area (Å²) in [5.74, 6) is -3.76. The van der Waals surface area contributed by atoms with Crippen molar-refractivity contribution in [3.05, 3.63) is 89.2 Å². The van der Waals surface area contributed by atoms with Crippen LogP contribution in [0.5, 0.6) is 11.5 Å². The van der Waals surface area contributed by atoms with E-state index in [0.717, 1.165) is 17.7 Å². The number of carbonyl (C=O) groups is 2. The number of hydrogen-bond donors (Lipinski definition) is 1. The molecule has 154 valence electrons. The highest BCUT2D eigenvalue weighted by Gasteiger charge is 2.22. The highest BCUT2D eigenvalue weighted by atomic mass is 32.2. The van der Waals surface area contributed by atoms with Crippen molar-refractivity contribution in [2.24, 2.45) is 0 Å². The number of phenolic OH excluding ortho intramolecular Hbond substituents is 1. The van der Waals surface area contributed by atoms with E-state index in [-0.39, 0.29) is 21.8 Å².